The number of rotatable bonds is 3. The van der Waals surface area contributed by atoms with Gasteiger partial charge < -0.3 is 0 Å². The Hall–Kier alpha value is -2.27. The summed E-state index contributed by atoms with van der Waals surface area (Å²) in [5.74, 6) is 0. The van der Waals surface area contributed by atoms with E-state index in [1.165, 1.54) is 18.4 Å². The molecule has 1 atom stereocenters. The van der Waals surface area contributed by atoms with Crippen LogP contribution in [0, 0.1) is 6.92 Å². The molecule has 1 aliphatic rings. The second kappa shape index (κ2) is 5.74. The van der Waals surface area contributed by atoms with Crippen molar-refractivity contribution in [2.45, 2.75) is 32.4 Å². The Labute approximate surface area is 136 Å². The first kappa shape index (κ1) is 14.3. The summed E-state index contributed by atoms with van der Waals surface area (Å²) in [5, 5.41) is 4.32. The summed E-state index contributed by atoms with van der Waals surface area (Å²) < 4.78 is 1.88. The van der Waals surface area contributed by atoms with Crippen molar-refractivity contribution in [2.75, 3.05) is 6.54 Å². The maximum Gasteiger partial charge on any atom is 0.0890 e. The summed E-state index contributed by atoms with van der Waals surface area (Å²) in [5.41, 5.74) is 5.36. The van der Waals surface area contributed by atoms with Crippen molar-refractivity contribution in [3.63, 3.8) is 0 Å². The molecule has 2 aromatic heterocycles. The van der Waals surface area contributed by atoms with Crippen molar-refractivity contribution >= 4 is 11.0 Å². The normalized spacial score (nSPS) is 18.8. The molecule has 0 aliphatic carbocycles. The third-order valence-corrected chi connectivity index (χ3v) is 4.67. The van der Waals surface area contributed by atoms with E-state index in [1.54, 1.807) is 0 Å². The number of hydrogen-bond donors (Lipinski definition) is 0. The average molecular weight is 307 g/mol. The Kier molecular flexibility index (Phi) is 3.58. The van der Waals surface area contributed by atoms with Gasteiger partial charge in [0.15, 0.2) is 0 Å². The van der Waals surface area contributed by atoms with Crippen molar-refractivity contribution in [3.8, 4) is 0 Å². The lowest BCUT2D eigenvalue weighted by Crippen LogP contribution is -2.24. The van der Waals surface area contributed by atoms with Crippen LogP contribution in [0.1, 0.15) is 35.8 Å². The summed E-state index contributed by atoms with van der Waals surface area (Å²) in [4.78, 5) is 12.1. The van der Waals surface area contributed by atoms with Gasteiger partial charge >= 0.3 is 0 Å². The number of likely N-dealkylation sites (tertiary alicyclic amines) is 1. The smallest absolute Gasteiger partial charge is 0.0890 e. The van der Waals surface area contributed by atoms with E-state index in [4.69, 9.17) is 9.97 Å². The summed E-state index contributed by atoms with van der Waals surface area (Å²) in [7, 11) is 1.97. The molecule has 1 aromatic carbocycles. The van der Waals surface area contributed by atoms with Crippen LogP contribution in [0.3, 0.4) is 0 Å². The highest BCUT2D eigenvalue weighted by Gasteiger charge is 2.27. The number of aromatic nitrogens is 4. The molecule has 0 spiro atoms. The van der Waals surface area contributed by atoms with Gasteiger partial charge in [0.1, 0.15) is 0 Å². The molecular weight excluding hydrogens is 286 g/mol. The van der Waals surface area contributed by atoms with E-state index in [0.717, 1.165) is 35.5 Å². The molecule has 5 heteroatoms. The quantitative estimate of drug-likeness (QED) is 0.746. The van der Waals surface area contributed by atoms with Gasteiger partial charge in [-0.15, -0.1) is 0 Å². The zero-order valence-corrected chi connectivity index (χ0v) is 13.6. The zero-order chi connectivity index (χ0) is 15.8. The molecular formula is C18H21N5. The van der Waals surface area contributed by atoms with Gasteiger partial charge in [0.05, 0.1) is 28.6 Å². The number of para-hydroxylation sites is 2. The lowest BCUT2D eigenvalue weighted by molar-refractivity contribution is 0.245. The van der Waals surface area contributed by atoms with Crippen LogP contribution in [0.15, 0.2) is 36.7 Å². The Morgan fingerprint density at radius 2 is 1.96 bits per heavy atom. The van der Waals surface area contributed by atoms with Crippen molar-refractivity contribution in [1.29, 1.82) is 0 Å². The summed E-state index contributed by atoms with van der Waals surface area (Å²) in [6, 6.07) is 8.53. The van der Waals surface area contributed by atoms with Crippen LogP contribution in [-0.4, -0.2) is 31.2 Å². The Balaban J connectivity index is 1.63. The van der Waals surface area contributed by atoms with E-state index in [9.17, 15) is 0 Å². The van der Waals surface area contributed by atoms with Crippen LogP contribution >= 0.6 is 0 Å². The van der Waals surface area contributed by atoms with Crippen LogP contribution < -0.4 is 0 Å². The van der Waals surface area contributed by atoms with E-state index in [-0.39, 0.29) is 0 Å². The largest absolute Gasteiger partial charge is 0.290 e. The fourth-order valence-electron chi connectivity index (χ4n) is 3.47. The molecule has 3 heterocycles. The van der Waals surface area contributed by atoms with E-state index in [2.05, 4.69) is 23.1 Å². The van der Waals surface area contributed by atoms with E-state index < -0.39 is 0 Å². The molecule has 4 rings (SSSR count). The van der Waals surface area contributed by atoms with Gasteiger partial charge in [0.25, 0.3) is 0 Å². The summed E-state index contributed by atoms with van der Waals surface area (Å²) in [6.45, 7) is 4.01. The van der Waals surface area contributed by atoms with Crippen LogP contribution in [-0.2, 0) is 13.6 Å². The van der Waals surface area contributed by atoms with Gasteiger partial charge in [0, 0.05) is 31.4 Å². The number of hydrogen-bond acceptors (Lipinski definition) is 4. The lowest BCUT2D eigenvalue weighted by atomic mass is 10.1. The number of aryl methyl sites for hydroxylation is 2. The number of fused-ring (bicyclic) bond motifs is 1. The SMILES string of the molecule is Cc1nc2ccccc2nc1CN1CCC[C@@H]1c1cnn(C)c1. The second-order valence-corrected chi connectivity index (χ2v) is 6.32. The van der Waals surface area contributed by atoms with Crippen LogP contribution in [0.5, 0.6) is 0 Å². The van der Waals surface area contributed by atoms with Gasteiger partial charge in [-0.05, 0) is 38.4 Å². The molecule has 0 saturated carbocycles. The molecule has 0 N–H and O–H groups in total. The molecule has 3 aromatic rings. The number of benzene rings is 1. The van der Waals surface area contributed by atoms with Gasteiger partial charge in [-0.1, -0.05) is 12.1 Å². The molecule has 118 valence electrons. The summed E-state index contributed by atoms with van der Waals surface area (Å²) in [6.07, 6.45) is 6.52. The first-order valence-electron chi connectivity index (χ1n) is 8.15. The molecule has 5 nitrogen and oxygen atoms in total. The molecule has 0 amide bonds. The topological polar surface area (TPSA) is 46.8 Å². The Morgan fingerprint density at radius 1 is 1.17 bits per heavy atom. The Morgan fingerprint density at radius 3 is 2.70 bits per heavy atom. The molecule has 1 saturated heterocycles. The van der Waals surface area contributed by atoms with Crippen molar-refractivity contribution < 1.29 is 0 Å². The second-order valence-electron chi connectivity index (χ2n) is 6.32. The van der Waals surface area contributed by atoms with Crippen molar-refractivity contribution in [1.82, 2.24) is 24.6 Å². The maximum absolute atomic E-state index is 4.85. The maximum atomic E-state index is 4.85. The first-order valence-corrected chi connectivity index (χ1v) is 8.15. The van der Waals surface area contributed by atoms with Gasteiger partial charge in [-0.3, -0.25) is 9.58 Å². The molecule has 1 aliphatic heterocycles. The van der Waals surface area contributed by atoms with Crippen LogP contribution in [0.25, 0.3) is 11.0 Å². The van der Waals surface area contributed by atoms with Crippen molar-refractivity contribution in [2.24, 2.45) is 7.05 Å². The fourth-order valence-corrected chi connectivity index (χ4v) is 3.47. The minimum Gasteiger partial charge on any atom is -0.290 e. The zero-order valence-electron chi connectivity index (χ0n) is 13.6. The van der Waals surface area contributed by atoms with E-state index in [0.29, 0.717) is 6.04 Å². The van der Waals surface area contributed by atoms with Crippen molar-refractivity contribution in [3.05, 3.63) is 53.6 Å². The van der Waals surface area contributed by atoms with Gasteiger partial charge in [-0.25, -0.2) is 9.97 Å². The molecule has 0 radical (unpaired) electrons. The number of nitrogens with zero attached hydrogens (tertiary/aromatic N) is 5. The molecule has 0 bridgehead atoms. The predicted octanol–water partition coefficient (Wildman–Crippen LogP) is 3.01. The minimum atomic E-state index is 0.441. The molecule has 1 fully saturated rings. The monoisotopic (exact) mass is 307 g/mol. The summed E-state index contributed by atoms with van der Waals surface area (Å²) >= 11 is 0. The van der Waals surface area contributed by atoms with Gasteiger partial charge in [-0.2, -0.15) is 5.10 Å². The fraction of sp³-hybridized carbons (Fsp3) is 0.389. The van der Waals surface area contributed by atoms with E-state index >= 15 is 0 Å². The predicted molar refractivity (Wildman–Crippen MR) is 89.9 cm³/mol. The average Bonchev–Trinajstić information content (AvgIpc) is 3.16. The molecule has 23 heavy (non-hydrogen) atoms. The van der Waals surface area contributed by atoms with Crippen LogP contribution in [0.2, 0.25) is 0 Å². The highest BCUT2D eigenvalue weighted by atomic mass is 15.3. The lowest BCUT2D eigenvalue weighted by Gasteiger charge is -2.23. The highest BCUT2D eigenvalue weighted by Crippen LogP contribution is 2.33. The highest BCUT2D eigenvalue weighted by molar-refractivity contribution is 5.74. The third-order valence-electron chi connectivity index (χ3n) is 4.67. The van der Waals surface area contributed by atoms with Gasteiger partial charge in [0.2, 0.25) is 0 Å². The van der Waals surface area contributed by atoms with Crippen LogP contribution in [0.4, 0.5) is 0 Å². The van der Waals surface area contributed by atoms with E-state index in [1.807, 2.05) is 42.2 Å². The molecule has 0 unspecified atom stereocenters. The third kappa shape index (κ3) is 2.72. The standard InChI is InChI=1S/C18H21N5/c1-13-17(21-16-7-4-3-6-15(16)20-13)12-23-9-5-8-18(23)14-10-19-22(2)11-14/h3-4,6-7,10-11,18H,5,8-9,12H2,1-2H3/t18-/m1/s1. The Bertz CT molecular complexity index is 838. The minimum absolute atomic E-state index is 0.441. The first-order chi connectivity index (χ1) is 11.2.